The van der Waals surface area contributed by atoms with E-state index in [1.165, 1.54) is 13.0 Å². The Labute approximate surface area is 197 Å². The number of aromatic nitrogens is 2. The molecule has 184 valence electrons. The summed E-state index contributed by atoms with van der Waals surface area (Å²) < 4.78 is 69.5. The number of benzene rings is 1. The Bertz CT molecular complexity index is 1220. The molecule has 2 aromatic heterocycles. The molecule has 1 aromatic carbocycles. The summed E-state index contributed by atoms with van der Waals surface area (Å²) in [5.41, 5.74) is -2.00. The molecular weight excluding hydrogens is 473 g/mol. The third-order valence-electron chi connectivity index (χ3n) is 5.12. The smallest absolute Gasteiger partial charge is 0.416 e. The van der Waals surface area contributed by atoms with Crippen LogP contribution in [0.25, 0.3) is 0 Å². The third kappa shape index (κ3) is 6.58. The standard InChI is InChI=1S/C24H20F5N3O3/c1-14-9-17(10-20(31-14)22(33)32(29)13-15-5-3-2-4-6-15)19(25)8-7-16-12-30-21(23(34)35)11-18(16)24(26,27)28/h2-6,9-12,19H,7-8,13H2,1H3,(H,34,35). The fraction of sp³-hybridized carbons (Fsp3) is 0.250. The van der Waals surface area contributed by atoms with Crippen LogP contribution in [-0.2, 0) is 19.1 Å². The fourth-order valence-corrected chi connectivity index (χ4v) is 3.44. The Hall–Kier alpha value is -3.89. The van der Waals surface area contributed by atoms with E-state index in [1.807, 2.05) is 0 Å². The number of alkyl halides is 4. The minimum Gasteiger partial charge on any atom is -0.477 e. The number of aryl methyl sites for hydroxylation is 2. The number of carbonyl (C=O) groups is 2. The topological polar surface area (TPSA) is 83.4 Å². The average Bonchev–Trinajstić information content (AvgIpc) is 2.81. The van der Waals surface area contributed by atoms with E-state index in [9.17, 15) is 31.6 Å². The van der Waals surface area contributed by atoms with E-state index >= 15 is 0 Å². The summed E-state index contributed by atoms with van der Waals surface area (Å²) in [5.74, 6) is -2.71. The lowest BCUT2D eigenvalue weighted by Gasteiger charge is -2.16. The average molecular weight is 493 g/mol. The van der Waals surface area contributed by atoms with Crippen LogP contribution < -0.4 is 0 Å². The van der Waals surface area contributed by atoms with Crippen molar-refractivity contribution in [1.82, 2.24) is 15.1 Å². The van der Waals surface area contributed by atoms with Gasteiger partial charge in [0, 0.05) is 11.9 Å². The van der Waals surface area contributed by atoms with E-state index in [1.54, 1.807) is 30.3 Å². The van der Waals surface area contributed by atoms with Crippen molar-refractivity contribution in [2.24, 2.45) is 0 Å². The van der Waals surface area contributed by atoms with Gasteiger partial charge in [-0.05, 0) is 54.7 Å². The predicted molar refractivity (Wildman–Crippen MR) is 115 cm³/mol. The minimum absolute atomic E-state index is 0.0439. The van der Waals surface area contributed by atoms with Crippen LogP contribution in [0.5, 0.6) is 0 Å². The van der Waals surface area contributed by atoms with Gasteiger partial charge in [-0.1, -0.05) is 34.8 Å². The highest BCUT2D eigenvalue weighted by Crippen LogP contribution is 2.34. The zero-order chi connectivity index (χ0) is 25.8. The molecule has 2 heterocycles. The molecule has 35 heavy (non-hydrogen) atoms. The van der Waals surface area contributed by atoms with E-state index < -0.39 is 48.3 Å². The summed E-state index contributed by atoms with van der Waals surface area (Å²) in [4.78, 5) is 30.9. The van der Waals surface area contributed by atoms with Gasteiger partial charge in [-0.3, -0.25) is 4.79 Å². The van der Waals surface area contributed by atoms with Gasteiger partial charge in [0.2, 0.25) is 0 Å². The predicted octanol–water partition coefficient (Wildman–Crippen LogP) is 5.67. The van der Waals surface area contributed by atoms with Crippen LogP contribution in [0.15, 0.2) is 54.7 Å². The quantitative estimate of drug-likeness (QED) is 0.323. The monoisotopic (exact) mass is 493 g/mol. The molecule has 1 N–H and O–H groups in total. The van der Waals surface area contributed by atoms with Gasteiger partial charge in [0.05, 0.1) is 12.1 Å². The van der Waals surface area contributed by atoms with Gasteiger partial charge in [0.15, 0.2) is 0 Å². The van der Waals surface area contributed by atoms with E-state index in [0.29, 0.717) is 11.6 Å². The van der Waals surface area contributed by atoms with E-state index in [4.69, 9.17) is 5.11 Å². The zero-order valence-corrected chi connectivity index (χ0v) is 18.4. The Morgan fingerprint density at radius 3 is 2.40 bits per heavy atom. The Morgan fingerprint density at radius 2 is 1.77 bits per heavy atom. The molecule has 0 radical (unpaired) electrons. The lowest BCUT2D eigenvalue weighted by atomic mass is 9.99. The number of nitrogens with zero attached hydrogens (tertiary/aromatic N) is 3. The van der Waals surface area contributed by atoms with Crippen molar-refractivity contribution in [3.8, 4) is 0 Å². The maximum absolute atomic E-state index is 15.0. The van der Waals surface area contributed by atoms with Crippen molar-refractivity contribution in [3.63, 3.8) is 0 Å². The van der Waals surface area contributed by atoms with Crippen molar-refractivity contribution in [3.05, 3.63) is 94.1 Å². The van der Waals surface area contributed by atoms with Crippen LogP contribution in [0.1, 0.15) is 61.5 Å². The third-order valence-corrected chi connectivity index (χ3v) is 5.12. The molecule has 0 saturated heterocycles. The van der Waals surface area contributed by atoms with Gasteiger partial charge < -0.3 is 5.11 Å². The highest BCUT2D eigenvalue weighted by molar-refractivity contribution is 5.91. The van der Waals surface area contributed by atoms with Crippen molar-refractivity contribution < 1.29 is 36.7 Å². The van der Waals surface area contributed by atoms with Crippen molar-refractivity contribution in [2.45, 2.75) is 38.7 Å². The number of rotatable bonds is 8. The molecule has 3 aromatic rings. The molecule has 1 amide bonds. The zero-order valence-electron chi connectivity index (χ0n) is 18.4. The molecule has 11 heteroatoms. The van der Waals surface area contributed by atoms with Crippen LogP contribution in [0.2, 0.25) is 0 Å². The van der Waals surface area contributed by atoms with Gasteiger partial charge in [-0.25, -0.2) is 19.2 Å². The van der Waals surface area contributed by atoms with Gasteiger partial charge in [0.25, 0.3) is 5.91 Å². The Kier molecular flexibility index (Phi) is 7.78. The second kappa shape index (κ2) is 10.6. The number of carbonyl (C=O) groups excluding carboxylic acids is 1. The molecule has 0 aliphatic heterocycles. The molecule has 0 bridgehead atoms. The highest BCUT2D eigenvalue weighted by Gasteiger charge is 2.34. The van der Waals surface area contributed by atoms with Crippen molar-refractivity contribution in [2.75, 3.05) is 0 Å². The maximum atomic E-state index is 15.0. The summed E-state index contributed by atoms with van der Waals surface area (Å²) in [5, 5.41) is 8.84. The SMILES string of the molecule is Cc1cc(C(F)CCc2cnc(C(=O)O)cc2C(F)(F)F)cc(C(=O)N(F)Cc2ccccc2)n1. The summed E-state index contributed by atoms with van der Waals surface area (Å²) in [6, 6.07) is 11.1. The number of carboxylic acid groups (broad SMARTS) is 1. The lowest BCUT2D eigenvalue weighted by Crippen LogP contribution is -2.23. The number of carboxylic acids is 1. The summed E-state index contributed by atoms with van der Waals surface area (Å²) >= 11 is 0. The highest BCUT2D eigenvalue weighted by atomic mass is 19.4. The van der Waals surface area contributed by atoms with Crippen molar-refractivity contribution in [1.29, 1.82) is 0 Å². The first kappa shape index (κ1) is 25.7. The first-order chi connectivity index (χ1) is 16.5. The number of halogens is 5. The molecule has 6 nitrogen and oxygen atoms in total. The lowest BCUT2D eigenvalue weighted by molar-refractivity contribution is -0.138. The number of aromatic carboxylic acids is 1. The molecular formula is C24H20F5N3O3. The van der Waals surface area contributed by atoms with Crippen LogP contribution in [0.3, 0.4) is 0 Å². The molecule has 0 aliphatic rings. The Balaban J connectivity index is 1.77. The second-order valence-corrected chi connectivity index (χ2v) is 7.77. The van der Waals surface area contributed by atoms with E-state index in [2.05, 4.69) is 9.97 Å². The summed E-state index contributed by atoms with van der Waals surface area (Å²) in [6.45, 7) is 1.13. The van der Waals surface area contributed by atoms with Crippen LogP contribution in [0.4, 0.5) is 22.0 Å². The van der Waals surface area contributed by atoms with Gasteiger partial charge in [-0.2, -0.15) is 18.3 Å². The summed E-state index contributed by atoms with van der Waals surface area (Å²) in [6.07, 6.45) is -6.72. The Morgan fingerprint density at radius 1 is 1.09 bits per heavy atom. The number of pyridine rings is 2. The molecule has 1 atom stereocenters. The molecule has 0 aliphatic carbocycles. The van der Waals surface area contributed by atoms with Gasteiger partial charge in [-0.15, -0.1) is 0 Å². The molecule has 0 fully saturated rings. The van der Waals surface area contributed by atoms with Crippen LogP contribution in [0, 0.1) is 6.92 Å². The maximum Gasteiger partial charge on any atom is 0.416 e. The normalized spacial score (nSPS) is 12.3. The minimum atomic E-state index is -4.86. The first-order valence-electron chi connectivity index (χ1n) is 10.4. The number of hydrogen-bond donors (Lipinski definition) is 1. The fourth-order valence-electron chi connectivity index (χ4n) is 3.44. The van der Waals surface area contributed by atoms with Gasteiger partial charge >= 0.3 is 12.1 Å². The molecule has 1 unspecified atom stereocenters. The first-order valence-corrected chi connectivity index (χ1v) is 10.4. The number of hydrogen-bond acceptors (Lipinski definition) is 4. The van der Waals surface area contributed by atoms with Crippen LogP contribution in [-0.4, -0.2) is 32.1 Å². The molecule has 3 rings (SSSR count). The molecule has 0 saturated carbocycles. The summed E-state index contributed by atoms with van der Waals surface area (Å²) in [7, 11) is 0. The second-order valence-electron chi connectivity index (χ2n) is 7.77. The van der Waals surface area contributed by atoms with E-state index in [0.717, 1.165) is 12.3 Å². The van der Waals surface area contributed by atoms with E-state index in [-0.39, 0.29) is 34.2 Å². The number of amides is 1. The van der Waals surface area contributed by atoms with Gasteiger partial charge in [0.1, 0.15) is 17.6 Å². The molecule has 0 spiro atoms. The van der Waals surface area contributed by atoms with Crippen LogP contribution >= 0.6 is 0 Å². The largest absolute Gasteiger partial charge is 0.477 e. The van der Waals surface area contributed by atoms with Crippen molar-refractivity contribution >= 4 is 11.9 Å².